The number of benzene rings is 1. The maximum atomic E-state index is 12.8. The number of hydrogen-bond acceptors (Lipinski definition) is 4. The van der Waals surface area contributed by atoms with E-state index in [1.54, 1.807) is 12.4 Å². The molecule has 1 saturated carbocycles. The van der Waals surface area contributed by atoms with Gasteiger partial charge in [-0.15, -0.1) is 0 Å². The van der Waals surface area contributed by atoms with Gasteiger partial charge in [-0.2, -0.15) is 0 Å². The third-order valence-corrected chi connectivity index (χ3v) is 5.45. The molecule has 5 nitrogen and oxygen atoms in total. The molecule has 26 heavy (non-hydrogen) atoms. The fraction of sp³-hybridized carbons (Fsp3) is 0.450. The van der Waals surface area contributed by atoms with E-state index >= 15 is 0 Å². The van der Waals surface area contributed by atoms with Crippen LogP contribution in [-0.2, 0) is 9.53 Å². The van der Waals surface area contributed by atoms with E-state index in [1.165, 1.54) is 0 Å². The van der Waals surface area contributed by atoms with E-state index in [-0.39, 0.29) is 17.9 Å². The average molecular weight is 372 g/mol. The highest BCUT2D eigenvalue weighted by molar-refractivity contribution is 6.30. The summed E-state index contributed by atoms with van der Waals surface area (Å²) >= 11 is 6.14. The van der Waals surface area contributed by atoms with Crippen LogP contribution in [0.25, 0.3) is 11.3 Å². The molecule has 2 fully saturated rings. The van der Waals surface area contributed by atoms with Gasteiger partial charge < -0.3 is 9.64 Å². The minimum absolute atomic E-state index is 0.183. The lowest BCUT2D eigenvalue weighted by atomic mass is 10.0. The van der Waals surface area contributed by atoms with Crippen molar-refractivity contribution in [2.45, 2.75) is 31.8 Å². The molecule has 1 saturated heterocycles. The first-order valence-electron chi connectivity index (χ1n) is 9.19. The number of hydrogen-bond donors (Lipinski definition) is 0. The number of halogens is 1. The summed E-state index contributed by atoms with van der Waals surface area (Å²) in [6, 6.07) is 7.57. The Morgan fingerprint density at radius 3 is 2.81 bits per heavy atom. The Morgan fingerprint density at radius 2 is 2.00 bits per heavy atom. The van der Waals surface area contributed by atoms with E-state index in [1.807, 2.05) is 29.2 Å². The number of amides is 1. The predicted molar refractivity (Wildman–Crippen MR) is 99.7 cm³/mol. The molecule has 1 atom stereocenters. The van der Waals surface area contributed by atoms with Crippen LogP contribution in [-0.4, -0.2) is 40.5 Å². The molecule has 1 aromatic carbocycles. The van der Waals surface area contributed by atoms with Crippen LogP contribution in [0.1, 0.15) is 37.5 Å². The second-order valence-electron chi connectivity index (χ2n) is 6.93. The van der Waals surface area contributed by atoms with Gasteiger partial charge in [0.15, 0.2) is 0 Å². The molecular weight excluding hydrogens is 350 g/mol. The molecule has 2 heterocycles. The number of carbonyl (C=O) groups is 1. The van der Waals surface area contributed by atoms with Crippen LogP contribution in [0, 0.1) is 5.92 Å². The third kappa shape index (κ3) is 3.60. The van der Waals surface area contributed by atoms with Crippen LogP contribution in [0.15, 0.2) is 36.7 Å². The zero-order valence-corrected chi connectivity index (χ0v) is 15.4. The second-order valence-corrected chi connectivity index (χ2v) is 7.36. The van der Waals surface area contributed by atoms with E-state index in [4.69, 9.17) is 16.3 Å². The largest absolute Gasteiger partial charge is 0.368 e. The van der Waals surface area contributed by atoms with Crippen molar-refractivity contribution in [1.29, 1.82) is 0 Å². The SMILES string of the molecule is O=C(C1CCCC1)N1CCO[C@@H](c2nccnc2-c2cccc(Cl)c2)C1. The van der Waals surface area contributed by atoms with Gasteiger partial charge in [0.05, 0.1) is 24.5 Å². The summed E-state index contributed by atoms with van der Waals surface area (Å²) in [5, 5.41) is 0.654. The summed E-state index contributed by atoms with van der Waals surface area (Å²) in [5.41, 5.74) is 2.43. The van der Waals surface area contributed by atoms with Gasteiger partial charge in [0, 0.05) is 35.4 Å². The molecular formula is C20H22ClN3O2. The van der Waals surface area contributed by atoms with Gasteiger partial charge in [0.2, 0.25) is 5.91 Å². The lowest BCUT2D eigenvalue weighted by molar-refractivity contribution is -0.143. The van der Waals surface area contributed by atoms with Gasteiger partial charge in [-0.25, -0.2) is 0 Å². The van der Waals surface area contributed by atoms with Gasteiger partial charge >= 0.3 is 0 Å². The molecule has 0 bridgehead atoms. The molecule has 1 aliphatic heterocycles. The maximum absolute atomic E-state index is 12.8. The highest BCUT2D eigenvalue weighted by atomic mass is 35.5. The van der Waals surface area contributed by atoms with Crippen molar-refractivity contribution in [2.24, 2.45) is 5.92 Å². The number of morpholine rings is 1. The number of carbonyl (C=O) groups excluding carboxylic acids is 1. The first-order chi connectivity index (χ1) is 12.7. The summed E-state index contributed by atoms with van der Waals surface area (Å²) in [6.07, 6.45) is 7.42. The molecule has 0 N–H and O–H groups in total. The van der Waals surface area contributed by atoms with Crippen molar-refractivity contribution >= 4 is 17.5 Å². The second kappa shape index (κ2) is 7.72. The third-order valence-electron chi connectivity index (χ3n) is 5.21. The normalized spacial score (nSPS) is 21.1. The van der Waals surface area contributed by atoms with Crippen molar-refractivity contribution in [2.75, 3.05) is 19.7 Å². The van der Waals surface area contributed by atoms with Gasteiger partial charge in [-0.05, 0) is 25.0 Å². The lowest BCUT2D eigenvalue weighted by Gasteiger charge is -2.34. The topological polar surface area (TPSA) is 55.3 Å². The summed E-state index contributed by atoms with van der Waals surface area (Å²) in [7, 11) is 0. The van der Waals surface area contributed by atoms with E-state index in [0.29, 0.717) is 24.7 Å². The monoisotopic (exact) mass is 371 g/mol. The fourth-order valence-electron chi connectivity index (χ4n) is 3.89. The maximum Gasteiger partial charge on any atom is 0.225 e. The molecule has 1 aromatic heterocycles. The van der Waals surface area contributed by atoms with Crippen LogP contribution in [0.4, 0.5) is 0 Å². The van der Waals surface area contributed by atoms with E-state index in [9.17, 15) is 4.79 Å². The first kappa shape index (κ1) is 17.4. The standard InChI is InChI=1S/C20H22ClN3O2/c21-16-7-3-6-15(12-16)18-19(23-9-8-22-18)17-13-24(10-11-26-17)20(25)14-4-1-2-5-14/h3,6-9,12,14,17H,1-2,4-5,10-11,13H2/t17-/m1/s1. The predicted octanol–water partition coefficient (Wildman–Crippen LogP) is 3.89. The molecule has 6 heteroatoms. The minimum Gasteiger partial charge on any atom is -0.368 e. The smallest absolute Gasteiger partial charge is 0.225 e. The molecule has 0 unspecified atom stereocenters. The van der Waals surface area contributed by atoms with Crippen LogP contribution in [0.5, 0.6) is 0 Å². The van der Waals surface area contributed by atoms with Crippen molar-refractivity contribution in [3.05, 3.63) is 47.4 Å². The summed E-state index contributed by atoms with van der Waals surface area (Å²) in [4.78, 5) is 23.8. The van der Waals surface area contributed by atoms with Crippen molar-refractivity contribution in [3.63, 3.8) is 0 Å². The summed E-state index contributed by atoms with van der Waals surface area (Å²) < 4.78 is 5.97. The molecule has 1 amide bonds. The fourth-order valence-corrected chi connectivity index (χ4v) is 4.08. The highest BCUT2D eigenvalue weighted by Crippen LogP contribution is 2.32. The zero-order valence-electron chi connectivity index (χ0n) is 14.6. The van der Waals surface area contributed by atoms with E-state index in [2.05, 4.69) is 9.97 Å². The van der Waals surface area contributed by atoms with Crippen molar-refractivity contribution in [3.8, 4) is 11.3 Å². The molecule has 2 aliphatic rings. The highest BCUT2D eigenvalue weighted by Gasteiger charge is 2.33. The van der Waals surface area contributed by atoms with Gasteiger partial charge in [0.1, 0.15) is 6.10 Å². The quantitative estimate of drug-likeness (QED) is 0.821. The van der Waals surface area contributed by atoms with Crippen molar-refractivity contribution < 1.29 is 9.53 Å². The van der Waals surface area contributed by atoms with Crippen molar-refractivity contribution in [1.82, 2.24) is 14.9 Å². The molecule has 1 aliphatic carbocycles. The molecule has 0 radical (unpaired) electrons. The van der Waals surface area contributed by atoms with E-state index in [0.717, 1.165) is 42.6 Å². The number of aromatic nitrogens is 2. The van der Waals surface area contributed by atoms with Crippen LogP contribution in [0.3, 0.4) is 0 Å². The minimum atomic E-state index is -0.267. The Hall–Kier alpha value is -1.98. The average Bonchev–Trinajstić information content (AvgIpc) is 3.22. The van der Waals surface area contributed by atoms with Gasteiger partial charge in [-0.3, -0.25) is 14.8 Å². The Bertz CT molecular complexity index is 792. The van der Waals surface area contributed by atoms with Gasteiger partial charge in [0.25, 0.3) is 0 Å². The number of nitrogens with zero attached hydrogens (tertiary/aromatic N) is 3. The molecule has 4 rings (SSSR count). The lowest BCUT2D eigenvalue weighted by Crippen LogP contribution is -2.44. The molecule has 136 valence electrons. The van der Waals surface area contributed by atoms with Crippen LogP contribution in [0.2, 0.25) is 5.02 Å². The Balaban J connectivity index is 1.58. The molecule has 2 aromatic rings. The Kier molecular flexibility index (Phi) is 5.18. The summed E-state index contributed by atoms with van der Waals surface area (Å²) in [6.45, 7) is 1.70. The summed E-state index contributed by atoms with van der Waals surface area (Å²) in [5.74, 6) is 0.451. The zero-order chi connectivity index (χ0) is 17.9. The van der Waals surface area contributed by atoms with Crippen LogP contribution < -0.4 is 0 Å². The number of ether oxygens (including phenoxy) is 1. The molecule has 0 spiro atoms. The number of rotatable bonds is 3. The first-order valence-corrected chi connectivity index (χ1v) is 9.57. The van der Waals surface area contributed by atoms with Crippen LogP contribution >= 0.6 is 11.6 Å². The Labute approximate surface area is 158 Å². The van der Waals surface area contributed by atoms with Gasteiger partial charge in [-0.1, -0.05) is 36.6 Å². The van der Waals surface area contributed by atoms with E-state index < -0.39 is 0 Å². The Morgan fingerprint density at radius 1 is 1.19 bits per heavy atom.